The zero-order chi connectivity index (χ0) is 14.2. The minimum Gasteiger partial charge on any atom is -0.386 e. The predicted molar refractivity (Wildman–Crippen MR) is 94.3 cm³/mol. The summed E-state index contributed by atoms with van der Waals surface area (Å²) in [6.07, 6.45) is 0. The van der Waals surface area contributed by atoms with Gasteiger partial charge in [0.1, 0.15) is 0 Å². The average Bonchev–Trinajstić information content (AvgIpc) is 2.93. The molecule has 4 aromatic rings. The van der Waals surface area contributed by atoms with Gasteiger partial charge in [0.2, 0.25) is 0 Å². The molecule has 0 saturated carbocycles. The van der Waals surface area contributed by atoms with E-state index in [4.69, 9.17) is 0 Å². The Bertz CT molecular complexity index is 922. The van der Waals surface area contributed by atoms with Crippen molar-refractivity contribution in [1.29, 1.82) is 0 Å². The van der Waals surface area contributed by atoms with Crippen molar-refractivity contribution in [3.05, 3.63) is 66.7 Å². The lowest BCUT2D eigenvalue weighted by Gasteiger charge is -2.10. The number of anilines is 1. The van der Waals surface area contributed by atoms with Crippen LogP contribution in [0.5, 0.6) is 0 Å². The molecule has 0 bridgehead atoms. The zero-order valence-corrected chi connectivity index (χ0v) is 12.6. The first-order valence-corrected chi connectivity index (χ1v) is 7.87. The first kappa shape index (κ1) is 12.4. The van der Waals surface area contributed by atoms with Crippen LogP contribution >= 0.6 is 11.3 Å². The molecule has 21 heavy (non-hydrogen) atoms. The molecule has 102 valence electrons. The highest BCUT2D eigenvalue weighted by molar-refractivity contribution is 7.26. The number of thiophene rings is 1. The Morgan fingerprint density at radius 2 is 1.52 bits per heavy atom. The van der Waals surface area contributed by atoms with Crippen molar-refractivity contribution in [2.24, 2.45) is 0 Å². The third-order valence-electron chi connectivity index (χ3n) is 3.88. The Morgan fingerprint density at radius 1 is 0.762 bits per heavy atom. The van der Waals surface area contributed by atoms with E-state index in [1.54, 1.807) is 0 Å². The molecule has 0 aliphatic rings. The number of fused-ring (bicyclic) bond motifs is 3. The van der Waals surface area contributed by atoms with Crippen LogP contribution in [0.2, 0.25) is 0 Å². The first-order chi connectivity index (χ1) is 10.4. The molecule has 0 saturated heterocycles. The molecular weight excluding hydrogens is 274 g/mol. The Morgan fingerprint density at radius 3 is 2.33 bits per heavy atom. The highest BCUT2D eigenvalue weighted by atomic mass is 32.1. The van der Waals surface area contributed by atoms with Gasteiger partial charge in [0, 0.05) is 28.1 Å². The normalized spacial score (nSPS) is 11.1. The summed E-state index contributed by atoms with van der Waals surface area (Å²) < 4.78 is 2.68. The van der Waals surface area contributed by atoms with Crippen molar-refractivity contribution in [2.75, 3.05) is 12.4 Å². The van der Waals surface area contributed by atoms with E-state index in [9.17, 15) is 0 Å². The van der Waals surface area contributed by atoms with Gasteiger partial charge in [-0.1, -0.05) is 60.7 Å². The molecule has 0 amide bonds. The highest BCUT2D eigenvalue weighted by Gasteiger charge is 2.12. The van der Waals surface area contributed by atoms with Crippen LogP contribution in [0.15, 0.2) is 66.7 Å². The van der Waals surface area contributed by atoms with Crippen LogP contribution in [-0.4, -0.2) is 7.05 Å². The summed E-state index contributed by atoms with van der Waals surface area (Å²) in [4.78, 5) is 0. The van der Waals surface area contributed by atoms with Gasteiger partial charge in [0.15, 0.2) is 0 Å². The van der Waals surface area contributed by atoms with Crippen molar-refractivity contribution in [1.82, 2.24) is 0 Å². The number of nitrogens with one attached hydrogen (secondary N) is 1. The SMILES string of the molecule is CNc1c(-c2ccccc2)ccc2c1sc1ccccc12. The molecule has 0 unspecified atom stereocenters. The topological polar surface area (TPSA) is 12.0 Å². The lowest BCUT2D eigenvalue weighted by Crippen LogP contribution is -1.92. The third-order valence-corrected chi connectivity index (χ3v) is 5.09. The van der Waals surface area contributed by atoms with Crippen LogP contribution < -0.4 is 5.32 Å². The van der Waals surface area contributed by atoms with Gasteiger partial charge < -0.3 is 5.32 Å². The van der Waals surface area contributed by atoms with E-state index in [0.717, 1.165) is 0 Å². The van der Waals surface area contributed by atoms with Crippen LogP contribution in [0.1, 0.15) is 0 Å². The highest BCUT2D eigenvalue weighted by Crippen LogP contribution is 2.42. The van der Waals surface area contributed by atoms with Gasteiger partial charge in [-0.2, -0.15) is 0 Å². The van der Waals surface area contributed by atoms with Crippen molar-refractivity contribution in [3.63, 3.8) is 0 Å². The molecule has 0 spiro atoms. The van der Waals surface area contributed by atoms with Gasteiger partial charge in [0.25, 0.3) is 0 Å². The summed E-state index contributed by atoms with van der Waals surface area (Å²) in [5.74, 6) is 0. The Labute approximate surface area is 127 Å². The first-order valence-electron chi connectivity index (χ1n) is 7.06. The van der Waals surface area contributed by atoms with E-state index in [2.05, 4.69) is 72.0 Å². The summed E-state index contributed by atoms with van der Waals surface area (Å²) in [7, 11) is 2.01. The summed E-state index contributed by atoms with van der Waals surface area (Å²) in [5, 5.41) is 6.08. The predicted octanol–water partition coefficient (Wildman–Crippen LogP) is 5.76. The summed E-state index contributed by atoms with van der Waals surface area (Å²) in [6, 6.07) is 23.6. The van der Waals surface area contributed by atoms with E-state index >= 15 is 0 Å². The fourth-order valence-corrected chi connectivity index (χ4v) is 4.15. The molecule has 2 heteroatoms. The molecule has 1 nitrogen and oxygen atoms in total. The molecule has 0 aliphatic carbocycles. The van der Waals surface area contributed by atoms with E-state index in [1.165, 1.54) is 37.0 Å². The second-order valence-corrected chi connectivity index (χ2v) is 6.13. The second-order valence-electron chi connectivity index (χ2n) is 5.08. The maximum absolute atomic E-state index is 3.41. The molecule has 0 radical (unpaired) electrons. The zero-order valence-electron chi connectivity index (χ0n) is 11.8. The Hall–Kier alpha value is -2.32. The quantitative estimate of drug-likeness (QED) is 0.494. The van der Waals surface area contributed by atoms with E-state index in [1.807, 2.05) is 18.4 Å². The van der Waals surface area contributed by atoms with Gasteiger partial charge >= 0.3 is 0 Å². The fraction of sp³-hybridized carbons (Fsp3) is 0.0526. The minimum atomic E-state index is 1.22. The Balaban J connectivity index is 2.08. The van der Waals surface area contributed by atoms with Gasteiger partial charge in [-0.25, -0.2) is 0 Å². The molecule has 0 atom stereocenters. The van der Waals surface area contributed by atoms with Crippen molar-refractivity contribution in [3.8, 4) is 11.1 Å². The van der Waals surface area contributed by atoms with Crippen LogP contribution in [-0.2, 0) is 0 Å². The van der Waals surface area contributed by atoms with Crippen molar-refractivity contribution < 1.29 is 0 Å². The van der Waals surface area contributed by atoms with Crippen LogP contribution in [0.25, 0.3) is 31.3 Å². The molecule has 4 rings (SSSR count). The number of hydrogen-bond donors (Lipinski definition) is 1. The van der Waals surface area contributed by atoms with E-state index in [0.29, 0.717) is 0 Å². The number of hydrogen-bond acceptors (Lipinski definition) is 2. The molecular formula is C19H15NS. The summed E-state index contributed by atoms with van der Waals surface area (Å²) in [6.45, 7) is 0. The Kier molecular flexibility index (Phi) is 2.90. The van der Waals surface area contributed by atoms with E-state index < -0.39 is 0 Å². The second kappa shape index (κ2) is 4.90. The average molecular weight is 289 g/mol. The number of rotatable bonds is 2. The summed E-state index contributed by atoms with van der Waals surface area (Å²) in [5.41, 5.74) is 3.73. The maximum atomic E-state index is 3.41. The number of benzene rings is 3. The minimum absolute atomic E-state index is 1.22. The van der Waals surface area contributed by atoms with Crippen molar-refractivity contribution >= 4 is 37.2 Å². The monoisotopic (exact) mass is 289 g/mol. The third kappa shape index (κ3) is 1.91. The molecule has 1 N–H and O–H groups in total. The van der Waals surface area contributed by atoms with Crippen LogP contribution in [0.3, 0.4) is 0 Å². The maximum Gasteiger partial charge on any atom is 0.0598 e. The summed E-state index contributed by atoms with van der Waals surface area (Å²) >= 11 is 1.86. The van der Waals surface area contributed by atoms with Gasteiger partial charge in [-0.05, 0) is 11.6 Å². The van der Waals surface area contributed by atoms with E-state index in [-0.39, 0.29) is 0 Å². The smallest absolute Gasteiger partial charge is 0.0598 e. The van der Waals surface area contributed by atoms with Crippen LogP contribution in [0, 0.1) is 0 Å². The fourth-order valence-electron chi connectivity index (χ4n) is 2.90. The van der Waals surface area contributed by atoms with Gasteiger partial charge in [-0.15, -0.1) is 11.3 Å². The molecule has 1 heterocycles. The molecule has 3 aromatic carbocycles. The standard InChI is InChI=1S/C19H15NS/c1-20-18-14(13-7-3-2-4-8-13)11-12-16-15-9-5-6-10-17(15)21-19(16)18/h2-12,20H,1H3. The largest absolute Gasteiger partial charge is 0.386 e. The lowest BCUT2D eigenvalue weighted by atomic mass is 10.0. The van der Waals surface area contributed by atoms with Gasteiger partial charge in [-0.3, -0.25) is 0 Å². The molecule has 0 fully saturated rings. The lowest BCUT2D eigenvalue weighted by molar-refractivity contribution is 1.54. The van der Waals surface area contributed by atoms with Crippen LogP contribution in [0.4, 0.5) is 5.69 Å². The molecule has 1 aromatic heterocycles. The van der Waals surface area contributed by atoms with Gasteiger partial charge in [0.05, 0.1) is 10.4 Å². The van der Waals surface area contributed by atoms with Crippen molar-refractivity contribution in [2.45, 2.75) is 0 Å². The molecule has 0 aliphatic heterocycles.